The van der Waals surface area contributed by atoms with Gasteiger partial charge in [0.15, 0.2) is 0 Å². The lowest BCUT2D eigenvalue weighted by atomic mass is 10.7. The standard InChI is InChI=1S/C5H9N3O3S/c1-4-7-8-5(11-4)3-6-12(2,9)10/h6H,3H2,1-2H3. The van der Waals surface area contributed by atoms with Gasteiger partial charge in [0.05, 0.1) is 12.8 Å². The van der Waals surface area contributed by atoms with Gasteiger partial charge >= 0.3 is 0 Å². The molecule has 0 aliphatic carbocycles. The summed E-state index contributed by atoms with van der Waals surface area (Å²) in [5, 5.41) is 7.14. The second kappa shape index (κ2) is 3.20. The van der Waals surface area contributed by atoms with E-state index in [1.807, 2.05) is 0 Å². The van der Waals surface area contributed by atoms with Crippen molar-refractivity contribution in [3.63, 3.8) is 0 Å². The number of aromatic nitrogens is 2. The van der Waals surface area contributed by atoms with E-state index in [4.69, 9.17) is 4.42 Å². The van der Waals surface area contributed by atoms with Gasteiger partial charge in [-0.1, -0.05) is 0 Å². The Balaban J connectivity index is 2.55. The Labute approximate surface area is 70.0 Å². The lowest BCUT2D eigenvalue weighted by Crippen LogP contribution is -2.21. The molecule has 0 saturated heterocycles. The van der Waals surface area contributed by atoms with E-state index < -0.39 is 10.0 Å². The Morgan fingerprint density at radius 1 is 1.50 bits per heavy atom. The highest BCUT2D eigenvalue weighted by molar-refractivity contribution is 7.88. The summed E-state index contributed by atoms with van der Waals surface area (Å²) in [6.45, 7) is 1.68. The molecule has 0 unspecified atom stereocenters. The van der Waals surface area contributed by atoms with Crippen LogP contribution in [0.4, 0.5) is 0 Å². The monoisotopic (exact) mass is 191 g/mol. The van der Waals surface area contributed by atoms with E-state index in [1.165, 1.54) is 0 Å². The van der Waals surface area contributed by atoms with Crippen molar-refractivity contribution in [2.45, 2.75) is 13.5 Å². The molecule has 0 aliphatic heterocycles. The number of rotatable bonds is 3. The summed E-state index contributed by atoms with van der Waals surface area (Å²) in [5.41, 5.74) is 0. The average Bonchev–Trinajstić information content (AvgIpc) is 2.30. The van der Waals surface area contributed by atoms with E-state index in [0.717, 1.165) is 6.26 Å². The van der Waals surface area contributed by atoms with Gasteiger partial charge in [-0.2, -0.15) is 0 Å². The van der Waals surface area contributed by atoms with E-state index in [1.54, 1.807) is 6.92 Å². The molecule has 0 amide bonds. The van der Waals surface area contributed by atoms with E-state index in [0.29, 0.717) is 5.89 Å². The lowest BCUT2D eigenvalue weighted by molar-refractivity contribution is 0.461. The van der Waals surface area contributed by atoms with Crippen LogP contribution in [0.5, 0.6) is 0 Å². The van der Waals surface area contributed by atoms with Crippen LogP contribution in [0, 0.1) is 6.92 Å². The van der Waals surface area contributed by atoms with Gasteiger partial charge in [0.25, 0.3) is 0 Å². The molecule has 1 rings (SSSR count). The number of nitrogens with zero attached hydrogens (tertiary/aromatic N) is 2. The first-order valence-electron chi connectivity index (χ1n) is 3.21. The number of aryl methyl sites for hydroxylation is 1. The lowest BCUT2D eigenvalue weighted by Gasteiger charge is -1.95. The summed E-state index contributed by atoms with van der Waals surface area (Å²) in [5.74, 6) is 0.679. The third-order valence-corrected chi connectivity index (χ3v) is 1.72. The summed E-state index contributed by atoms with van der Waals surface area (Å²) in [7, 11) is -3.19. The van der Waals surface area contributed by atoms with Gasteiger partial charge in [-0.05, 0) is 0 Å². The second-order valence-electron chi connectivity index (χ2n) is 2.31. The molecule has 1 N–H and O–H groups in total. The van der Waals surface area contributed by atoms with E-state index >= 15 is 0 Å². The molecular weight excluding hydrogens is 182 g/mol. The van der Waals surface area contributed by atoms with Crippen molar-refractivity contribution in [2.75, 3.05) is 6.26 Å². The van der Waals surface area contributed by atoms with Crippen LogP contribution in [0.3, 0.4) is 0 Å². The van der Waals surface area contributed by atoms with Crippen molar-refractivity contribution < 1.29 is 12.8 Å². The summed E-state index contributed by atoms with van der Waals surface area (Å²) in [6.07, 6.45) is 1.07. The quantitative estimate of drug-likeness (QED) is 0.691. The van der Waals surface area contributed by atoms with Crippen LogP contribution in [0.15, 0.2) is 4.42 Å². The van der Waals surface area contributed by atoms with Crippen molar-refractivity contribution >= 4 is 10.0 Å². The fourth-order valence-electron chi connectivity index (χ4n) is 0.602. The Hall–Kier alpha value is -0.950. The number of hydrogen-bond acceptors (Lipinski definition) is 5. The van der Waals surface area contributed by atoms with E-state index in [2.05, 4.69) is 14.9 Å². The highest BCUT2D eigenvalue weighted by Gasteiger charge is 2.05. The van der Waals surface area contributed by atoms with Crippen molar-refractivity contribution in [1.29, 1.82) is 0 Å². The van der Waals surface area contributed by atoms with E-state index in [9.17, 15) is 8.42 Å². The summed E-state index contributed by atoms with van der Waals surface area (Å²) in [6, 6.07) is 0. The van der Waals surface area contributed by atoms with Crippen LogP contribution in [-0.2, 0) is 16.6 Å². The maximum atomic E-state index is 10.6. The first kappa shape index (κ1) is 9.14. The molecule has 0 atom stereocenters. The average molecular weight is 191 g/mol. The minimum Gasteiger partial charge on any atom is -0.424 e. The summed E-state index contributed by atoms with van der Waals surface area (Å²) in [4.78, 5) is 0. The van der Waals surface area contributed by atoms with Crippen molar-refractivity contribution in [1.82, 2.24) is 14.9 Å². The van der Waals surface area contributed by atoms with Gasteiger partial charge < -0.3 is 4.42 Å². The normalized spacial score (nSPS) is 11.8. The second-order valence-corrected chi connectivity index (χ2v) is 4.14. The zero-order valence-corrected chi connectivity index (χ0v) is 7.55. The zero-order valence-electron chi connectivity index (χ0n) is 6.73. The zero-order chi connectivity index (χ0) is 9.19. The van der Waals surface area contributed by atoms with Crippen molar-refractivity contribution in [3.05, 3.63) is 11.8 Å². The van der Waals surface area contributed by atoms with Crippen molar-refractivity contribution in [3.8, 4) is 0 Å². The summed E-state index contributed by atoms with van der Waals surface area (Å²) >= 11 is 0. The molecule has 68 valence electrons. The van der Waals surface area contributed by atoms with Crippen LogP contribution in [0.25, 0.3) is 0 Å². The maximum absolute atomic E-state index is 10.6. The smallest absolute Gasteiger partial charge is 0.231 e. The van der Waals surface area contributed by atoms with Gasteiger partial charge in [-0.25, -0.2) is 13.1 Å². The minimum atomic E-state index is -3.19. The molecular formula is C5H9N3O3S. The third-order valence-electron chi connectivity index (χ3n) is 1.05. The molecule has 1 aromatic heterocycles. The first-order valence-corrected chi connectivity index (χ1v) is 5.10. The molecule has 0 radical (unpaired) electrons. The number of nitrogens with one attached hydrogen (secondary N) is 1. The molecule has 6 nitrogen and oxygen atoms in total. The molecule has 1 heterocycles. The maximum Gasteiger partial charge on any atom is 0.231 e. The highest BCUT2D eigenvalue weighted by Crippen LogP contribution is 1.96. The van der Waals surface area contributed by atoms with Gasteiger partial charge in [0.1, 0.15) is 0 Å². The Kier molecular flexibility index (Phi) is 2.43. The van der Waals surface area contributed by atoms with Crippen molar-refractivity contribution in [2.24, 2.45) is 0 Å². The molecule has 0 aliphatic rings. The summed E-state index contributed by atoms with van der Waals surface area (Å²) < 4.78 is 28.4. The van der Waals surface area contributed by atoms with E-state index in [-0.39, 0.29) is 12.4 Å². The first-order chi connectivity index (χ1) is 5.47. The van der Waals surface area contributed by atoms with Gasteiger partial charge in [-0.15, -0.1) is 10.2 Å². The molecule has 7 heteroatoms. The molecule has 0 fully saturated rings. The number of hydrogen-bond donors (Lipinski definition) is 1. The SMILES string of the molecule is Cc1nnc(CNS(C)(=O)=O)o1. The molecule has 0 aromatic carbocycles. The topological polar surface area (TPSA) is 85.1 Å². The Morgan fingerprint density at radius 3 is 2.58 bits per heavy atom. The fraction of sp³-hybridized carbons (Fsp3) is 0.600. The molecule has 0 saturated carbocycles. The highest BCUT2D eigenvalue weighted by atomic mass is 32.2. The molecule has 0 bridgehead atoms. The van der Waals surface area contributed by atoms with Crippen LogP contribution in [0.2, 0.25) is 0 Å². The van der Waals surface area contributed by atoms with Crippen LogP contribution < -0.4 is 4.72 Å². The van der Waals surface area contributed by atoms with Gasteiger partial charge in [-0.3, -0.25) is 0 Å². The van der Waals surface area contributed by atoms with Crippen LogP contribution in [0.1, 0.15) is 11.8 Å². The van der Waals surface area contributed by atoms with Crippen LogP contribution >= 0.6 is 0 Å². The van der Waals surface area contributed by atoms with Gasteiger partial charge in [0, 0.05) is 6.92 Å². The predicted molar refractivity (Wildman–Crippen MR) is 40.7 cm³/mol. The minimum absolute atomic E-state index is 0.0413. The third kappa shape index (κ3) is 2.97. The molecule has 12 heavy (non-hydrogen) atoms. The predicted octanol–water partition coefficient (Wildman–Crippen LogP) is -0.573. The number of sulfonamides is 1. The Morgan fingerprint density at radius 2 is 2.17 bits per heavy atom. The Bertz CT molecular complexity index is 356. The largest absolute Gasteiger partial charge is 0.424 e. The van der Waals surface area contributed by atoms with Crippen LogP contribution in [-0.4, -0.2) is 24.9 Å². The van der Waals surface area contributed by atoms with Gasteiger partial charge in [0.2, 0.25) is 21.8 Å². The molecule has 0 spiro atoms. The molecule has 1 aromatic rings. The fourth-order valence-corrected chi connectivity index (χ4v) is 0.987.